The average molecular weight is 604 g/mol. The van der Waals surface area contributed by atoms with E-state index in [2.05, 4.69) is 16.0 Å². The van der Waals surface area contributed by atoms with Crippen molar-refractivity contribution in [1.82, 2.24) is 30.7 Å². The SMILES string of the molecule is CN1CCCN(C[C@@H](NC(=O)N[C@H](C(=O)N2CC=C[C@H]2C(=O)NC(CC2CC2)C(=O)C(N)=O)C(C)(C)C)C(C)(C)C)C1=O. The molecule has 2 heterocycles. The van der Waals surface area contributed by atoms with E-state index in [-0.39, 0.29) is 18.5 Å². The molecule has 0 aromatic rings. The number of Topliss-reactive ketones (excluding diaryl/α,β-unsaturated/α-hetero) is 1. The van der Waals surface area contributed by atoms with Gasteiger partial charge in [0.1, 0.15) is 12.1 Å². The highest BCUT2D eigenvalue weighted by Crippen LogP contribution is 2.34. The molecule has 0 radical (unpaired) electrons. The molecule has 240 valence electrons. The van der Waals surface area contributed by atoms with Crippen LogP contribution in [0.4, 0.5) is 9.59 Å². The maximum Gasteiger partial charge on any atom is 0.319 e. The Morgan fingerprint density at radius 1 is 0.977 bits per heavy atom. The average Bonchev–Trinajstić information content (AvgIpc) is 3.57. The molecule has 1 saturated heterocycles. The molecule has 13 heteroatoms. The molecule has 0 spiro atoms. The van der Waals surface area contributed by atoms with Crippen molar-refractivity contribution in [3.05, 3.63) is 12.2 Å². The normalized spacial score (nSPS) is 21.2. The molecule has 0 aromatic carbocycles. The number of nitrogens with one attached hydrogen (secondary N) is 3. The van der Waals surface area contributed by atoms with Gasteiger partial charge in [0.05, 0.1) is 12.1 Å². The Kier molecular flexibility index (Phi) is 10.5. The summed E-state index contributed by atoms with van der Waals surface area (Å²) < 4.78 is 0. The van der Waals surface area contributed by atoms with Crippen molar-refractivity contribution in [2.45, 2.75) is 91.4 Å². The molecular weight excluding hydrogens is 554 g/mol. The topological polar surface area (TPSA) is 174 Å². The molecule has 43 heavy (non-hydrogen) atoms. The van der Waals surface area contributed by atoms with Gasteiger partial charge in [-0.2, -0.15) is 0 Å². The van der Waals surface area contributed by atoms with Gasteiger partial charge in [-0.25, -0.2) is 9.59 Å². The zero-order valence-electron chi connectivity index (χ0n) is 26.6. The Labute approximate surface area is 254 Å². The molecule has 2 aliphatic heterocycles. The van der Waals surface area contributed by atoms with Crippen molar-refractivity contribution >= 4 is 35.6 Å². The van der Waals surface area contributed by atoms with Crippen molar-refractivity contribution in [3.8, 4) is 0 Å². The molecule has 2 fully saturated rings. The van der Waals surface area contributed by atoms with Crippen LogP contribution >= 0.6 is 0 Å². The van der Waals surface area contributed by atoms with E-state index in [0.717, 1.165) is 19.3 Å². The van der Waals surface area contributed by atoms with Crippen molar-refractivity contribution in [2.75, 3.05) is 33.2 Å². The highest BCUT2D eigenvalue weighted by Gasteiger charge is 2.42. The lowest BCUT2D eigenvalue weighted by molar-refractivity contribution is -0.142. The molecule has 1 unspecified atom stereocenters. The van der Waals surface area contributed by atoms with Gasteiger partial charge in [0.15, 0.2) is 0 Å². The predicted octanol–water partition coefficient (Wildman–Crippen LogP) is 0.979. The first kappa shape index (κ1) is 33.9. The van der Waals surface area contributed by atoms with Gasteiger partial charge in [-0.15, -0.1) is 0 Å². The zero-order valence-corrected chi connectivity index (χ0v) is 26.6. The molecule has 3 rings (SSSR count). The van der Waals surface area contributed by atoms with Crippen LogP contribution in [0.25, 0.3) is 0 Å². The fourth-order valence-corrected chi connectivity index (χ4v) is 5.33. The summed E-state index contributed by atoms with van der Waals surface area (Å²) in [5, 5.41) is 8.45. The van der Waals surface area contributed by atoms with E-state index in [1.165, 1.54) is 4.90 Å². The second kappa shape index (κ2) is 13.3. The maximum absolute atomic E-state index is 13.9. The molecule has 4 atom stereocenters. The van der Waals surface area contributed by atoms with Gasteiger partial charge in [-0.1, -0.05) is 66.5 Å². The highest BCUT2D eigenvalue weighted by atomic mass is 16.2. The van der Waals surface area contributed by atoms with Gasteiger partial charge in [0.25, 0.3) is 5.91 Å². The molecule has 3 aliphatic rings. The number of primary amides is 1. The number of rotatable bonds is 11. The number of nitrogens with zero attached hydrogens (tertiary/aromatic N) is 3. The van der Waals surface area contributed by atoms with Crippen molar-refractivity contribution in [2.24, 2.45) is 22.5 Å². The number of hydrogen-bond acceptors (Lipinski definition) is 6. The van der Waals surface area contributed by atoms with Crippen LogP contribution in [0.15, 0.2) is 12.2 Å². The van der Waals surface area contributed by atoms with E-state index in [0.29, 0.717) is 26.1 Å². The zero-order chi connectivity index (χ0) is 32.3. The van der Waals surface area contributed by atoms with E-state index in [1.807, 2.05) is 41.5 Å². The lowest BCUT2D eigenvalue weighted by Gasteiger charge is -2.40. The van der Waals surface area contributed by atoms with E-state index >= 15 is 0 Å². The van der Waals surface area contributed by atoms with Crippen LogP contribution in [0.2, 0.25) is 0 Å². The third kappa shape index (κ3) is 8.93. The van der Waals surface area contributed by atoms with Crippen molar-refractivity contribution < 1.29 is 28.8 Å². The molecule has 0 aromatic heterocycles. The number of hydrogen-bond donors (Lipinski definition) is 4. The summed E-state index contributed by atoms with van der Waals surface area (Å²) in [7, 11) is 1.75. The van der Waals surface area contributed by atoms with Gasteiger partial charge >= 0.3 is 12.1 Å². The van der Waals surface area contributed by atoms with E-state index < -0.39 is 64.5 Å². The van der Waals surface area contributed by atoms with Crippen LogP contribution < -0.4 is 21.7 Å². The Balaban J connectivity index is 1.71. The summed E-state index contributed by atoms with van der Waals surface area (Å²) in [6.07, 6.45) is 6.22. The smallest absolute Gasteiger partial charge is 0.319 e. The molecule has 0 bridgehead atoms. The molecule has 13 nitrogen and oxygen atoms in total. The Morgan fingerprint density at radius 3 is 2.19 bits per heavy atom. The number of ketones is 1. The minimum absolute atomic E-state index is 0.0896. The molecule has 5 N–H and O–H groups in total. The first-order valence-electron chi connectivity index (χ1n) is 15.1. The number of carbonyl (C=O) groups is 6. The molecule has 1 saturated carbocycles. The number of nitrogens with two attached hydrogens (primary N) is 1. The van der Waals surface area contributed by atoms with Gasteiger partial charge in [-0.3, -0.25) is 19.2 Å². The van der Waals surface area contributed by atoms with Gasteiger partial charge in [0, 0.05) is 33.2 Å². The highest BCUT2D eigenvalue weighted by molar-refractivity contribution is 6.37. The fourth-order valence-electron chi connectivity index (χ4n) is 5.33. The summed E-state index contributed by atoms with van der Waals surface area (Å²) >= 11 is 0. The van der Waals surface area contributed by atoms with Gasteiger partial charge in [0.2, 0.25) is 17.6 Å². The lowest BCUT2D eigenvalue weighted by atomic mass is 9.85. The first-order valence-corrected chi connectivity index (χ1v) is 15.1. The van der Waals surface area contributed by atoms with Crippen LogP contribution in [-0.4, -0.2) is 108 Å². The quantitative estimate of drug-likeness (QED) is 0.202. The molecular formula is C30H49N7O6. The number of urea groups is 2. The largest absolute Gasteiger partial charge is 0.363 e. The summed E-state index contributed by atoms with van der Waals surface area (Å²) in [6, 6.07) is -4.12. The summed E-state index contributed by atoms with van der Waals surface area (Å²) in [4.78, 5) is 82.0. The molecule has 1 aliphatic carbocycles. The minimum Gasteiger partial charge on any atom is -0.363 e. The van der Waals surface area contributed by atoms with Gasteiger partial charge < -0.3 is 36.4 Å². The Morgan fingerprint density at radius 2 is 1.63 bits per heavy atom. The summed E-state index contributed by atoms with van der Waals surface area (Å²) in [5.41, 5.74) is 4.09. The third-order valence-electron chi connectivity index (χ3n) is 8.31. The van der Waals surface area contributed by atoms with Crippen LogP contribution in [0.3, 0.4) is 0 Å². The lowest BCUT2D eigenvalue weighted by Crippen LogP contribution is -2.62. The Hall–Kier alpha value is -3.64. The van der Waals surface area contributed by atoms with Crippen LogP contribution in [0.1, 0.15) is 67.2 Å². The fraction of sp³-hybridized carbons (Fsp3) is 0.733. The van der Waals surface area contributed by atoms with Crippen molar-refractivity contribution in [1.29, 1.82) is 0 Å². The van der Waals surface area contributed by atoms with E-state index in [1.54, 1.807) is 29.0 Å². The second-order valence-corrected chi connectivity index (χ2v) is 14.2. The van der Waals surface area contributed by atoms with E-state index in [4.69, 9.17) is 5.73 Å². The van der Waals surface area contributed by atoms with Gasteiger partial charge in [-0.05, 0) is 29.6 Å². The molecule has 7 amide bonds. The summed E-state index contributed by atoms with van der Waals surface area (Å²) in [6.45, 7) is 13.1. The standard InChI is InChI=1S/C30H49N7O6/c1-29(2,3)21(17-36-14-9-13-35(7)28(36)43)33-27(42)34-23(30(4,5)6)26(41)37-15-8-10-20(37)25(40)32-19(16-18-11-12-18)22(38)24(31)39/h8,10,18-21,23H,9,11-17H2,1-7H3,(H2,31,39)(H,32,40)(H2,33,34,42)/t19?,20-,21+,23+/m0/s1. The number of carbonyl (C=O) groups excluding carboxylic acids is 6. The van der Waals surface area contributed by atoms with Crippen molar-refractivity contribution in [3.63, 3.8) is 0 Å². The predicted molar refractivity (Wildman–Crippen MR) is 160 cm³/mol. The van der Waals surface area contributed by atoms with E-state index in [9.17, 15) is 28.8 Å². The first-order chi connectivity index (χ1) is 19.9. The van der Waals surface area contributed by atoms with Crippen LogP contribution in [0.5, 0.6) is 0 Å². The Bertz CT molecular complexity index is 1140. The van der Waals surface area contributed by atoms with Crippen LogP contribution in [0, 0.1) is 16.7 Å². The maximum atomic E-state index is 13.9. The number of amides is 7. The second-order valence-electron chi connectivity index (χ2n) is 14.2. The summed E-state index contributed by atoms with van der Waals surface area (Å²) in [5.74, 6) is -2.80. The minimum atomic E-state index is -1.12. The third-order valence-corrected chi connectivity index (χ3v) is 8.31. The van der Waals surface area contributed by atoms with Crippen LogP contribution in [-0.2, 0) is 19.2 Å². The monoisotopic (exact) mass is 603 g/mol.